The third-order valence-electron chi connectivity index (χ3n) is 2.66. The fraction of sp³-hybridized carbons (Fsp3) is 0.455. The lowest BCUT2D eigenvalue weighted by molar-refractivity contribution is -0.117. The molecule has 1 aliphatic rings. The summed E-state index contributed by atoms with van der Waals surface area (Å²) >= 11 is 6.08. The van der Waals surface area contributed by atoms with Crippen molar-refractivity contribution in [1.29, 1.82) is 0 Å². The molecule has 1 amide bonds. The van der Waals surface area contributed by atoms with Crippen LogP contribution in [0, 0.1) is 0 Å². The van der Waals surface area contributed by atoms with E-state index in [1.165, 1.54) is 0 Å². The molecule has 0 aromatic carbocycles. The second-order valence-electron chi connectivity index (χ2n) is 3.60. The van der Waals surface area contributed by atoms with E-state index < -0.39 is 0 Å². The molecule has 0 bridgehead atoms. The summed E-state index contributed by atoms with van der Waals surface area (Å²) in [6.45, 7) is 2.78. The molecule has 1 aliphatic heterocycles. The van der Waals surface area contributed by atoms with Crippen LogP contribution in [-0.4, -0.2) is 17.4 Å². The quantitative estimate of drug-likeness (QED) is 0.773. The van der Waals surface area contributed by atoms with E-state index in [0.29, 0.717) is 11.4 Å². The number of carbonyl (C=O) groups is 1. The maximum absolute atomic E-state index is 11.6. The number of hydrogen-bond donors (Lipinski definition) is 0. The number of hydrogen-bond acceptors (Lipinski definition) is 2. The topological polar surface area (TPSA) is 33.2 Å². The maximum atomic E-state index is 11.6. The number of nitrogens with zero attached hydrogens (tertiary/aromatic N) is 2. The van der Waals surface area contributed by atoms with Gasteiger partial charge < -0.3 is 0 Å². The van der Waals surface area contributed by atoms with E-state index >= 15 is 0 Å². The van der Waals surface area contributed by atoms with E-state index in [1.54, 1.807) is 17.2 Å². The Morgan fingerprint density at radius 1 is 1.60 bits per heavy atom. The third-order valence-corrected chi connectivity index (χ3v) is 3.01. The molecule has 0 atom stereocenters. The zero-order chi connectivity index (χ0) is 10.8. The lowest BCUT2D eigenvalue weighted by atomic mass is 10.2. The van der Waals surface area contributed by atoms with Gasteiger partial charge in [0.1, 0.15) is 5.82 Å². The van der Waals surface area contributed by atoms with Crippen LogP contribution in [0.25, 0.3) is 0 Å². The Bertz CT molecular complexity index is 392. The van der Waals surface area contributed by atoms with Gasteiger partial charge in [0.15, 0.2) is 0 Å². The summed E-state index contributed by atoms with van der Waals surface area (Å²) in [7, 11) is 0. The Hall–Kier alpha value is -1.09. The summed E-state index contributed by atoms with van der Waals surface area (Å²) in [4.78, 5) is 17.6. The van der Waals surface area contributed by atoms with Crippen molar-refractivity contribution < 1.29 is 4.79 Å². The first-order chi connectivity index (χ1) is 7.24. The van der Waals surface area contributed by atoms with Crippen LogP contribution >= 0.6 is 11.6 Å². The van der Waals surface area contributed by atoms with Crippen LogP contribution in [0.3, 0.4) is 0 Å². The summed E-state index contributed by atoms with van der Waals surface area (Å²) < 4.78 is 0. The summed E-state index contributed by atoms with van der Waals surface area (Å²) in [5, 5.41) is 0.696. The molecule has 0 N–H and O–H groups in total. The summed E-state index contributed by atoms with van der Waals surface area (Å²) in [6.07, 6.45) is 3.99. The molecule has 1 aromatic rings. The molecule has 15 heavy (non-hydrogen) atoms. The van der Waals surface area contributed by atoms with Crippen molar-refractivity contribution in [2.24, 2.45) is 0 Å². The number of aromatic nitrogens is 1. The van der Waals surface area contributed by atoms with Crippen molar-refractivity contribution in [2.45, 2.75) is 26.2 Å². The SMILES string of the molecule is CCc1c(Cl)ccnc1N1CCCC1=O. The standard InChI is InChI=1S/C11H13ClN2O/c1-2-8-9(12)5-6-13-11(8)14-7-3-4-10(14)15/h5-6H,2-4,7H2,1H3. The third kappa shape index (κ3) is 1.84. The van der Waals surface area contributed by atoms with Gasteiger partial charge in [0.25, 0.3) is 0 Å². The van der Waals surface area contributed by atoms with Crippen LogP contribution in [0.15, 0.2) is 12.3 Å². The van der Waals surface area contributed by atoms with Crippen LogP contribution in [0.5, 0.6) is 0 Å². The number of amides is 1. The molecule has 0 aliphatic carbocycles. The van der Waals surface area contributed by atoms with E-state index in [0.717, 1.165) is 30.8 Å². The molecule has 0 radical (unpaired) electrons. The minimum atomic E-state index is 0.152. The number of anilines is 1. The van der Waals surface area contributed by atoms with Gasteiger partial charge in [0.2, 0.25) is 5.91 Å². The largest absolute Gasteiger partial charge is 0.297 e. The Morgan fingerprint density at radius 2 is 2.40 bits per heavy atom. The van der Waals surface area contributed by atoms with Gasteiger partial charge in [-0.2, -0.15) is 0 Å². The first-order valence-corrected chi connectivity index (χ1v) is 5.55. The molecule has 1 saturated heterocycles. The van der Waals surface area contributed by atoms with Gasteiger partial charge in [-0.15, -0.1) is 0 Å². The van der Waals surface area contributed by atoms with Crippen LogP contribution in [0.2, 0.25) is 5.02 Å². The second-order valence-corrected chi connectivity index (χ2v) is 4.00. The molecule has 0 unspecified atom stereocenters. The molecule has 3 nitrogen and oxygen atoms in total. The lowest BCUT2D eigenvalue weighted by Gasteiger charge is -2.18. The highest BCUT2D eigenvalue weighted by Crippen LogP contribution is 2.28. The van der Waals surface area contributed by atoms with Crippen LogP contribution in [0.4, 0.5) is 5.82 Å². The van der Waals surface area contributed by atoms with Gasteiger partial charge in [-0.05, 0) is 18.9 Å². The number of rotatable bonds is 2. The van der Waals surface area contributed by atoms with Crippen LogP contribution in [-0.2, 0) is 11.2 Å². The maximum Gasteiger partial charge on any atom is 0.228 e. The monoisotopic (exact) mass is 224 g/mol. The van der Waals surface area contributed by atoms with Gasteiger partial charge in [0.05, 0.1) is 0 Å². The summed E-state index contributed by atoms with van der Waals surface area (Å²) in [5.41, 5.74) is 0.967. The highest BCUT2D eigenvalue weighted by Gasteiger charge is 2.25. The van der Waals surface area contributed by atoms with E-state index in [4.69, 9.17) is 11.6 Å². The van der Waals surface area contributed by atoms with Crippen molar-refractivity contribution in [3.63, 3.8) is 0 Å². The molecule has 1 aromatic heterocycles. The van der Waals surface area contributed by atoms with E-state index in [2.05, 4.69) is 4.98 Å². The smallest absolute Gasteiger partial charge is 0.228 e. The van der Waals surface area contributed by atoms with Gasteiger partial charge in [0, 0.05) is 29.7 Å². The zero-order valence-electron chi connectivity index (χ0n) is 8.66. The Balaban J connectivity index is 2.42. The van der Waals surface area contributed by atoms with Crippen molar-refractivity contribution >= 4 is 23.3 Å². The minimum Gasteiger partial charge on any atom is -0.297 e. The Labute approximate surface area is 94.1 Å². The summed E-state index contributed by atoms with van der Waals surface area (Å²) in [5.74, 6) is 0.895. The normalized spacial score (nSPS) is 16.1. The average Bonchev–Trinajstić information content (AvgIpc) is 2.64. The molecular formula is C11H13ClN2O. The van der Waals surface area contributed by atoms with Gasteiger partial charge in [-0.25, -0.2) is 4.98 Å². The predicted octanol–water partition coefficient (Wildman–Crippen LogP) is 2.42. The molecular weight excluding hydrogens is 212 g/mol. The first-order valence-electron chi connectivity index (χ1n) is 5.17. The predicted molar refractivity (Wildman–Crippen MR) is 60.2 cm³/mol. The fourth-order valence-corrected chi connectivity index (χ4v) is 2.16. The molecule has 80 valence electrons. The second kappa shape index (κ2) is 4.19. The molecule has 0 spiro atoms. The highest BCUT2D eigenvalue weighted by atomic mass is 35.5. The zero-order valence-corrected chi connectivity index (χ0v) is 9.42. The fourth-order valence-electron chi connectivity index (χ4n) is 1.89. The molecule has 2 heterocycles. The van der Waals surface area contributed by atoms with E-state index in [-0.39, 0.29) is 5.91 Å². The number of halogens is 1. The minimum absolute atomic E-state index is 0.152. The average molecular weight is 225 g/mol. The van der Waals surface area contributed by atoms with Gasteiger partial charge >= 0.3 is 0 Å². The molecule has 0 saturated carbocycles. The van der Waals surface area contributed by atoms with Crippen molar-refractivity contribution in [3.8, 4) is 0 Å². The Kier molecular flexibility index (Phi) is 2.91. The Morgan fingerprint density at radius 3 is 3.00 bits per heavy atom. The van der Waals surface area contributed by atoms with Crippen molar-refractivity contribution in [2.75, 3.05) is 11.4 Å². The molecule has 1 fully saturated rings. The summed E-state index contributed by atoms with van der Waals surface area (Å²) in [6, 6.07) is 1.77. The number of carbonyl (C=O) groups excluding carboxylic acids is 1. The lowest BCUT2D eigenvalue weighted by Crippen LogP contribution is -2.26. The van der Waals surface area contributed by atoms with Crippen LogP contribution < -0.4 is 4.90 Å². The van der Waals surface area contributed by atoms with Crippen molar-refractivity contribution in [3.05, 3.63) is 22.8 Å². The van der Waals surface area contributed by atoms with E-state index in [1.807, 2.05) is 6.92 Å². The van der Waals surface area contributed by atoms with Gasteiger partial charge in [-0.1, -0.05) is 18.5 Å². The van der Waals surface area contributed by atoms with E-state index in [9.17, 15) is 4.79 Å². The highest BCUT2D eigenvalue weighted by molar-refractivity contribution is 6.31. The first kappa shape index (κ1) is 10.4. The molecule has 2 rings (SSSR count). The van der Waals surface area contributed by atoms with Gasteiger partial charge in [-0.3, -0.25) is 9.69 Å². The number of pyridine rings is 1. The van der Waals surface area contributed by atoms with Crippen LogP contribution in [0.1, 0.15) is 25.3 Å². The van der Waals surface area contributed by atoms with Crippen molar-refractivity contribution in [1.82, 2.24) is 4.98 Å². The molecule has 4 heteroatoms.